The molecule has 1 aromatic carbocycles. The number of hydrogen-bond acceptors (Lipinski definition) is 3. The highest BCUT2D eigenvalue weighted by atomic mass is 32.2. The number of hydrogen-bond donors (Lipinski definition) is 1. The van der Waals surface area contributed by atoms with Crippen LogP contribution in [0.3, 0.4) is 0 Å². The van der Waals surface area contributed by atoms with Crippen LogP contribution in [0, 0.1) is 0 Å². The lowest BCUT2D eigenvalue weighted by Gasteiger charge is -2.24. The first-order valence-electron chi connectivity index (χ1n) is 7.01. The van der Waals surface area contributed by atoms with Crippen molar-refractivity contribution in [2.75, 3.05) is 19.8 Å². The van der Waals surface area contributed by atoms with Crippen LogP contribution in [0.2, 0.25) is 0 Å². The molecule has 1 atom stereocenters. The van der Waals surface area contributed by atoms with Gasteiger partial charge < -0.3 is 4.74 Å². The molecule has 0 radical (unpaired) electrons. The van der Waals surface area contributed by atoms with Crippen LogP contribution in [0.5, 0.6) is 0 Å². The first-order chi connectivity index (χ1) is 9.63. The molecule has 1 heterocycles. The fourth-order valence-corrected chi connectivity index (χ4v) is 3.84. The molecule has 0 aromatic heterocycles. The minimum absolute atomic E-state index is 0.0387. The second-order valence-corrected chi connectivity index (χ2v) is 6.59. The third-order valence-electron chi connectivity index (χ3n) is 3.45. The van der Waals surface area contributed by atoms with Gasteiger partial charge in [-0.25, -0.2) is 0 Å². The summed E-state index contributed by atoms with van der Waals surface area (Å²) in [5, 5.41) is 0. The first-order valence-corrected chi connectivity index (χ1v) is 8.45. The van der Waals surface area contributed by atoms with E-state index in [1.807, 2.05) is 37.3 Å². The maximum Gasteiger partial charge on any atom is 0.280 e. The highest BCUT2D eigenvalue weighted by Gasteiger charge is 2.33. The van der Waals surface area contributed by atoms with Crippen molar-refractivity contribution in [3.8, 4) is 0 Å². The van der Waals surface area contributed by atoms with E-state index >= 15 is 0 Å². The van der Waals surface area contributed by atoms with Crippen LogP contribution in [0.1, 0.15) is 25.3 Å². The van der Waals surface area contributed by atoms with Crippen molar-refractivity contribution in [1.29, 1.82) is 0 Å². The van der Waals surface area contributed by atoms with Gasteiger partial charge in [-0.3, -0.25) is 0 Å². The monoisotopic (exact) mass is 298 g/mol. The molecule has 1 saturated heterocycles. The predicted molar refractivity (Wildman–Crippen MR) is 78.4 cm³/mol. The van der Waals surface area contributed by atoms with Crippen molar-refractivity contribution in [3.63, 3.8) is 0 Å². The highest BCUT2D eigenvalue weighted by Crippen LogP contribution is 2.20. The van der Waals surface area contributed by atoms with Crippen molar-refractivity contribution < 1.29 is 13.2 Å². The standard InChI is InChI=1S/C14H22N2O3S/c1-2-19-12-14-9-6-10-16(14)20(17,18)15-11-13-7-4-3-5-8-13/h3-5,7-8,14-15H,2,6,9-12H2,1H3/t14-/m0/s1. The summed E-state index contributed by atoms with van der Waals surface area (Å²) < 4.78 is 34.2. The number of nitrogens with one attached hydrogen (secondary N) is 1. The molecule has 0 spiro atoms. The van der Waals surface area contributed by atoms with Crippen molar-refractivity contribution in [1.82, 2.24) is 9.03 Å². The van der Waals surface area contributed by atoms with Crippen molar-refractivity contribution in [2.24, 2.45) is 0 Å². The Bertz CT molecular complexity index is 504. The second kappa shape index (κ2) is 7.17. The van der Waals surface area contributed by atoms with E-state index in [9.17, 15) is 8.42 Å². The van der Waals surface area contributed by atoms with E-state index < -0.39 is 10.2 Å². The Morgan fingerprint density at radius 3 is 2.80 bits per heavy atom. The van der Waals surface area contributed by atoms with Crippen molar-refractivity contribution >= 4 is 10.2 Å². The van der Waals surface area contributed by atoms with Gasteiger partial charge in [0.15, 0.2) is 0 Å². The average Bonchev–Trinajstić information content (AvgIpc) is 2.93. The second-order valence-electron chi connectivity index (χ2n) is 4.88. The molecule has 0 aliphatic carbocycles. The molecule has 1 fully saturated rings. The Labute approximate surface area is 121 Å². The molecule has 112 valence electrons. The summed E-state index contributed by atoms with van der Waals surface area (Å²) in [5.74, 6) is 0. The van der Waals surface area contributed by atoms with Gasteiger partial charge in [-0.2, -0.15) is 17.4 Å². The minimum atomic E-state index is -3.43. The van der Waals surface area contributed by atoms with Gasteiger partial charge in [0, 0.05) is 25.7 Å². The van der Waals surface area contributed by atoms with E-state index in [0.717, 1.165) is 18.4 Å². The van der Waals surface area contributed by atoms with Crippen LogP contribution >= 0.6 is 0 Å². The summed E-state index contributed by atoms with van der Waals surface area (Å²) in [6, 6.07) is 9.49. The quantitative estimate of drug-likeness (QED) is 0.830. The van der Waals surface area contributed by atoms with E-state index in [2.05, 4.69) is 4.72 Å². The Kier molecular flexibility index (Phi) is 5.54. The zero-order valence-corrected chi connectivity index (χ0v) is 12.6. The van der Waals surface area contributed by atoms with Gasteiger partial charge in [0.1, 0.15) is 0 Å². The molecular formula is C14H22N2O3S. The lowest BCUT2D eigenvalue weighted by Crippen LogP contribution is -2.44. The number of benzene rings is 1. The Morgan fingerprint density at radius 1 is 1.35 bits per heavy atom. The first kappa shape index (κ1) is 15.4. The third-order valence-corrected chi connectivity index (χ3v) is 5.06. The zero-order valence-electron chi connectivity index (χ0n) is 11.8. The zero-order chi connectivity index (χ0) is 14.4. The molecule has 1 aromatic rings. The van der Waals surface area contributed by atoms with Gasteiger partial charge in [-0.05, 0) is 25.3 Å². The third kappa shape index (κ3) is 4.02. The largest absolute Gasteiger partial charge is 0.380 e. The number of nitrogens with zero attached hydrogens (tertiary/aromatic N) is 1. The highest BCUT2D eigenvalue weighted by molar-refractivity contribution is 7.87. The summed E-state index contributed by atoms with van der Waals surface area (Å²) in [7, 11) is -3.43. The molecule has 6 heteroatoms. The van der Waals surface area contributed by atoms with Gasteiger partial charge in [-0.1, -0.05) is 30.3 Å². The summed E-state index contributed by atoms with van der Waals surface area (Å²) in [6.07, 6.45) is 1.76. The summed E-state index contributed by atoms with van der Waals surface area (Å²) >= 11 is 0. The predicted octanol–water partition coefficient (Wildman–Crippen LogP) is 1.52. The molecular weight excluding hydrogens is 276 g/mol. The fraction of sp³-hybridized carbons (Fsp3) is 0.571. The van der Waals surface area contributed by atoms with Gasteiger partial charge >= 0.3 is 0 Å². The van der Waals surface area contributed by atoms with Crippen LogP contribution in [-0.4, -0.2) is 38.5 Å². The minimum Gasteiger partial charge on any atom is -0.380 e. The van der Waals surface area contributed by atoms with E-state index in [4.69, 9.17) is 4.74 Å². The van der Waals surface area contributed by atoms with E-state index in [0.29, 0.717) is 26.3 Å². The molecule has 2 rings (SSSR count). The van der Waals surface area contributed by atoms with Gasteiger partial charge in [-0.15, -0.1) is 0 Å². The lowest BCUT2D eigenvalue weighted by atomic mass is 10.2. The molecule has 0 amide bonds. The van der Waals surface area contributed by atoms with Crippen LogP contribution in [-0.2, 0) is 21.5 Å². The average molecular weight is 298 g/mol. The maximum atomic E-state index is 12.3. The number of rotatable bonds is 7. The Balaban J connectivity index is 1.95. The normalized spacial score (nSPS) is 20.4. The lowest BCUT2D eigenvalue weighted by molar-refractivity contribution is 0.109. The van der Waals surface area contributed by atoms with E-state index in [1.165, 1.54) is 4.31 Å². The summed E-state index contributed by atoms with van der Waals surface area (Å²) in [6.45, 7) is 3.90. The van der Waals surface area contributed by atoms with Gasteiger partial charge in [0.25, 0.3) is 10.2 Å². The molecule has 1 aliphatic rings. The molecule has 1 N–H and O–H groups in total. The molecule has 20 heavy (non-hydrogen) atoms. The summed E-state index contributed by atoms with van der Waals surface area (Å²) in [5.41, 5.74) is 0.955. The van der Waals surface area contributed by atoms with Crippen LogP contribution in [0.15, 0.2) is 30.3 Å². The molecule has 0 unspecified atom stereocenters. The van der Waals surface area contributed by atoms with Crippen LogP contribution in [0.4, 0.5) is 0 Å². The van der Waals surface area contributed by atoms with E-state index in [-0.39, 0.29) is 6.04 Å². The topological polar surface area (TPSA) is 58.6 Å². The van der Waals surface area contributed by atoms with Gasteiger partial charge in [0.05, 0.1) is 6.61 Å². The Morgan fingerprint density at radius 2 is 2.10 bits per heavy atom. The van der Waals surface area contributed by atoms with E-state index in [1.54, 1.807) is 0 Å². The summed E-state index contributed by atoms with van der Waals surface area (Å²) in [4.78, 5) is 0. The van der Waals surface area contributed by atoms with Crippen LogP contribution < -0.4 is 4.72 Å². The van der Waals surface area contributed by atoms with Crippen molar-refractivity contribution in [3.05, 3.63) is 35.9 Å². The van der Waals surface area contributed by atoms with Crippen molar-refractivity contribution in [2.45, 2.75) is 32.4 Å². The fourth-order valence-electron chi connectivity index (χ4n) is 2.40. The smallest absolute Gasteiger partial charge is 0.280 e. The Hall–Kier alpha value is -0.950. The molecule has 0 saturated carbocycles. The molecule has 5 nitrogen and oxygen atoms in total. The maximum absolute atomic E-state index is 12.3. The SMILES string of the molecule is CCOC[C@@H]1CCCN1S(=O)(=O)NCc1ccccc1. The molecule has 0 bridgehead atoms. The van der Waals surface area contributed by atoms with Crippen LogP contribution in [0.25, 0.3) is 0 Å². The number of ether oxygens (including phenoxy) is 1. The van der Waals surface area contributed by atoms with Gasteiger partial charge in [0.2, 0.25) is 0 Å². The molecule has 1 aliphatic heterocycles.